The number of amides is 1. The largest absolute Gasteiger partial charge is 0.352 e. The zero-order valence-corrected chi connectivity index (χ0v) is 12.0. The minimum absolute atomic E-state index is 0. The molecule has 5 nitrogen and oxygen atoms in total. The molecule has 1 aromatic heterocycles. The molecule has 0 atom stereocenters. The number of carbonyl (C=O) groups is 1. The summed E-state index contributed by atoms with van der Waals surface area (Å²) >= 11 is 0. The first-order valence-electron chi connectivity index (χ1n) is 6.39. The van der Waals surface area contributed by atoms with Gasteiger partial charge in [-0.2, -0.15) is 5.10 Å². The summed E-state index contributed by atoms with van der Waals surface area (Å²) in [6.45, 7) is 1.30. The molecule has 1 amide bonds. The number of aromatic nitrogens is 2. The average Bonchev–Trinajstić information content (AvgIpc) is 2.94. The molecular formula is C14H19ClN4O. The highest BCUT2D eigenvalue weighted by atomic mass is 35.5. The zero-order valence-electron chi connectivity index (χ0n) is 11.2. The van der Waals surface area contributed by atoms with Gasteiger partial charge in [0.1, 0.15) is 0 Å². The Morgan fingerprint density at radius 3 is 2.70 bits per heavy atom. The van der Waals surface area contributed by atoms with E-state index in [1.165, 1.54) is 0 Å². The number of carbonyl (C=O) groups excluding carboxylic acids is 1. The minimum atomic E-state index is -0.0980. The van der Waals surface area contributed by atoms with Gasteiger partial charge in [0.2, 0.25) is 0 Å². The van der Waals surface area contributed by atoms with Gasteiger partial charge in [0.05, 0.1) is 17.4 Å². The van der Waals surface area contributed by atoms with Gasteiger partial charge < -0.3 is 11.1 Å². The Hall–Kier alpha value is -1.85. The fourth-order valence-corrected chi connectivity index (χ4v) is 1.74. The van der Waals surface area contributed by atoms with E-state index >= 15 is 0 Å². The first kappa shape index (κ1) is 16.2. The molecule has 0 saturated carbocycles. The van der Waals surface area contributed by atoms with Crippen molar-refractivity contribution in [3.63, 3.8) is 0 Å². The quantitative estimate of drug-likeness (QED) is 0.798. The van der Waals surface area contributed by atoms with Crippen LogP contribution < -0.4 is 11.1 Å². The number of para-hydroxylation sites is 1. The fraction of sp³-hybridized carbons (Fsp3) is 0.286. The van der Waals surface area contributed by atoms with Crippen LogP contribution in [-0.2, 0) is 0 Å². The van der Waals surface area contributed by atoms with Crippen LogP contribution in [-0.4, -0.2) is 28.8 Å². The summed E-state index contributed by atoms with van der Waals surface area (Å²) in [5.41, 5.74) is 6.90. The predicted octanol–water partition coefficient (Wildman–Crippen LogP) is 1.76. The molecule has 0 radical (unpaired) electrons. The Morgan fingerprint density at radius 1 is 1.25 bits per heavy atom. The first-order valence-corrected chi connectivity index (χ1v) is 6.39. The van der Waals surface area contributed by atoms with E-state index in [1.807, 2.05) is 30.3 Å². The van der Waals surface area contributed by atoms with Gasteiger partial charge >= 0.3 is 0 Å². The summed E-state index contributed by atoms with van der Waals surface area (Å²) in [5, 5.41) is 7.04. The summed E-state index contributed by atoms with van der Waals surface area (Å²) in [6.07, 6.45) is 5.12. The molecule has 1 heterocycles. The van der Waals surface area contributed by atoms with Crippen molar-refractivity contribution in [1.82, 2.24) is 15.1 Å². The maximum atomic E-state index is 11.9. The molecule has 108 valence electrons. The molecule has 3 N–H and O–H groups in total. The Kier molecular flexibility index (Phi) is 6.76. The third-order valence-corrected chi connectivity index (χ3v) is 2.78. The van der Waals surface area contributed by atoms with E-state index in [2.05, 4.69) is 10.4 Å². The number of hydrogen-bond acceptors (Lipinski definition) is 3. The molecule has 2 rings (SSSR count). The second-order valence-corrected chi connectivity index (χ2v) is 4.26. The predicted molar refractivity (Wildman–Crippen MR) is 81.4 cm³/mol. The van der Waals surface area contributed by atoms with Crippen molar-refractivity contribution in [2.75, 3.05) is 13.1 Å². The molecule has 20 heavy (non-hydrogen) atoms. The Balaban J connectivity index is 0.00000200. The molecule has 0 fully saturated rings. The van der Waals surface area contributed by atoms with E-state index < -0.39 is 0 Å². The van der Waals surface area contributed by atoms with Crippen molar-refractivity contribution in [2.24, 2.45) is 5.73 Å². The number of unbranched alkanes of at least 4 members (excludes halogenated alkanes) is 1. The highest BCUT2D eigenvalue weighted by molar-refractivity contribution is 5.93. The second-order valence-electron chi connectivity index (χ2n) is 4.26. The third-order valence-electron chi connectivity index (χ3n) is 2.78. The van der Waals surface area contributed by atoms with Crippen molar-refractivity contribution < 1.29 is 4.79 Å². The topological polar surface area (TPSA) is 72.9 Å². The average molecular weight is 295 g/mol. The number of rotatable bonds is 6. The minimum Gasteiger partial charge on any atom is -0.352 e. The van der Waals surface area contributed by atoms with Gasteiger partial charge in [-0.15, -0.1) is 12.4 Å². The lowest BCUT2D eigenvalue weighted by Gasteiger charge is -2.02. The summed E-state index contributed by atoms with van der Waals surface area (Å²) < 4.78 is 1.69. The van der Waals surface area contributed by atoms with Gasteiger partial charge in [-0.25, -0.2) is 4.68 Å². The van der Waals surface area contributed by atoms with Gasteiger partial charge in [0.15, 0.2) is 0 Å². The lowest BCUT2D eigenvalue weighted by molar-refractivity contribution is 0.0953. The van der Waals surface area contributed by atoms with Gasteiger partial charge in [-0.3, -0.25) is 4.79 Å². The van der Waals surface area contributed by atoms with E-state index in [9.17, 15) is 4.79 Å². The number of halogens is 1. The van der Waals surface area contributed by atoms with Crippen LogP contribution in [0.3, 0.4) is 0 Å². The van der Waals surface area contributed by atoms with Gasteiger partial charge in [0.25, 0.3) is 5.91 Å². The van der Waals surface area contributed by atoms with Gasteiger partial charge in [0, 0.05) is 12.7 Å². The number of nitrogens with one attached hydrogen (secondary N) is 1. The smallest absolute Gasteiger partial charge is 0.254 e. The summed E-state index contributed by atoms with van der Waals surface area (Å²) in [7, 11) is 0. The van der Waals surface area contributed by atoms with Gasteiger partial charge in [-0.1, -0.05) is 18.2 Å². The molecule has 2 aromatic rings. The maximum Gasteiger partial charge on any atom is 0.254 e. The van der Waals surface area contributed by atoms with Crippen molar-refractivity contribution >= 4 is 18.3 Å². The number of nitrogens with two attached hydrogens (primary N) is 1. The van der Waals surface area contributed by atoms with Crippen LogP contribution in [0.2, 0.25) is 0 Å². The van der Waals surface area contributed by atoms with Crippen LogP contribution in [0.25, 0.3) is 5.69 Å². The molecule has 0 bridgehead atoms. The summed E-state index contributed by atoms with van der Waals surface area (Å²) in [6, 6.07) is 9.69. The van der Waals surface area contributed by atoms with E-state index in [0.717, 1.165) is 18.5 Å². The monoisotopic (exact) mass is 294 g/mol. The van der Waals surface area contributed by atoms with E-state index in [1.54, 1.807) is 17.1 Å². The molecule has 1 aromatic carbocycles. The van der Waals surface area contributed by atoms with Gasteiger partial charge in [-0.05, 0) is 31.5 Å². The normalized spacial score (nSPS) is 9.85. The van der Waals surface area contributed by atoms with Crippen LogP contribution in [0.4, 0.5) is 0 Å². The molecule has 0 spiro atoms. The van der Waals surface area contributed by atoms with Crippen LogP contribution in [0, 0.1) is 0 Å². The fourth-order valence-electron chi connectivity index (χ4n) is 1.74. The van der Waals surface area contributed by atoms with Crippen molar-refractivity contribution in [1.29, 1.82) is 0 Å². The van der Waals surface area contributed by atoms with Crippen LogP contribution >= 0.6 is 12.4 Å². The van der Waals surface area contributed by atoms with Crippen LogP contribution in [0.1, 0.15) is 23.2 Å². The van der Waals surface area contributed by atoms with E-state index in [4.69, 9.17) is 5.73 Å². The van der Waals surface area contributed by atoms with Crippen molar-refractivity contribution in [3.05, 3.63) is 48.3 Å². The molecule has 0 aliphatic rings. The third kappa shape index (κ3) is 4.36. The molecule has 6 heteroatoms. The molecular weight excluding hydrogens is 276 g/mol. The van der Waals surface area contributed by atoms with Crippen LogP contribution in [0.15, 0.2) is 42.7 Å². The first-order chi connectivity index (χ1) is 9.31. The highest BCUT2D eigenvalue weighted by Crippen LogP contribution is 2.07. The molecule has 0 saturated heterocycles. The van der Waals surface area contributed by atoms with Crippen molar-refractivity contribution in [2.45, 2.75) is 12.8 Å². The number of nitrogens with zero attached hydrogens (tertiary/aromatic N) is 2. The standard InChI is InChI=1S/C14H18N4O.ClH/c15-8-4-5-9-16-14(19)12-10-17-18(11-12)13-6-2-1-3-7-13;/h1-3,6-7,10-11H,4-5,8-9,15H2,(H,16,19);1H. The Labute approximate surface area is 124 Å². The van der Waals surface area contributed by atoms with Crippen LogP contribution in [0.5, 0.6) is 0 Å². The maximum absolute atomic E-state index is 11.9. The zero-order chi connectivity index (χ0) is 13.5. The highest BCUT2D eigenvalue weighted by Gasteiger charge is 2.08. The molecule has 0 aliphatic heterocycles. The molecule has 0 unspecified atom stereocenters. The lowest BCUT2D eigenvalue weighted by Crippen LogP contribution is -2.24. The van der Waals surface area contributed by atoms with Crippen molar-refractivity contribution in [3.8, 4) is 5.69 Å². The Morgan fingerprint density at radius 2 is 2.00 bits per heavy atom. The Bertz CT molecular complexity index is 527. The summed E-state index contributed by atoms with van der Waals surface area (Å²) in [5.74, 6) is -0.0980. The SMILES string of the molecule is Cl.NCCCCNC(=O)c1cnn(-c2ccccc2)c1. The van der Waals surface area contributed by atoms with E-state index in [0.29, 0.717) is 18.7 Å². The molecule has 0 aliphatic carbocycles. The lowest BCUT2D eigenvalue weighted by atomic mass is 10.3. The summed E-state index contributed by atoms with van der Waals surface area (Å²) in [4.78, 5) is 11.9. The number of benzene rings is 1. The second kappa shape index (κ2) is 8.35. The number of hydrogen-bond donors (Lipinski definition) is 2. The van der Waals surface area contributed by atoms with E-state index in [-0.39, 0.29) is 18.3 Å².